The summed E-state index contributed by atoms with van der Waals surface area (Å²) in [6.07, 6.45) is 1.24. The fraction of sp³-hybridized carbons (Fsp3) is 0.125. The smallest absolute Gasteiger partial charge is 0.275 e. The van der Waals surface area contributed by atoms with Crippen LogP contribution in [-0.4, -0.2) is 36.6 Å². The van der Waals surface area contributed by atoms with E-state index in [-0.39, 0.29) is 22.6 Å². The second-order valence-corrected chi connectivity index (χ2v) is 4.48. The number of nitrogens with one attached hydrogen (secondary N) is 1. The van der Waals surface area contributed by atoms with Gasteiger partial charge in [0.05, 0.1) is 31.6 Å². The van der Waals surface area contributed by atoms with Crippen LogP contribution in [0.2, 0.25) is 0 Å². The molecule has 0 spiro atoms. The van der Waals surface area contributed by atoms with Crippen LogP contribution in [-0.2, 0) is 0 Å². The molecule has 0 aromatic heterocycles. The highest BCUT2D eigenvalue weighted by Gasteiger charge is 2.11. The maximum absolute atomic E-state index is 11.9. The molecular weight excluding hydrogens is 300 g/mol. The predicted octanol–water partition coefficient (Wildman–Crippen LogP) is 1.88. The van der Waals surface area contributed by atoms with Gasteiger partial charge in [0, 0.05) is 12.1 Å². The van der Waals surface area contributed by atoms with E-state index in [1.807, 2.05) is 0 Å². The lowest BCUT2D eigenvalue weighted by Gasteiger charge is -2.09. The van der Waals surface area contributed by atoms with Gasteiger partial charge in [0.2, 0.25) is 0 Å². The van der Waals surface area contributed by atoms with E-state index < -0.39 is 5.91 Å². The van der Waals surface area contributed by atoms with Gasteiger partial charge in [-0.15, -0.1) is 0 Å². The Morgan fingerprint density at radius 1 is 1.13 bits per heavy atom. The molecule has 0 heterocycles. The summed E-state index contributed by atoms with van der Waals surface area (Å²) < 4.78 is 10.2. The number of carbonyl (C=O) groups is 1. The maximum atomic E-state index is 11.9. The molecule has 2 aromatic carbocycles. The molecule has 0 bridgehead atoms. The zero-order valence-electron chi connectivity index (χ0n) is 12.6. The normalized spacial score (nSPS) is 10.5. The minimum atomic E-state index is -0.577. The molecule has 0 aliphatic heterocycles. The van der Waals surface area contributed by atoms with E-state index in [0.29, 0.717) is 11.5 Å². The first-order valence-electron chi connectivity index (χ1n) is 6.63. The molecule has 0 unspecified atom stereocenters. The zero-order chi connectivity index (χ0) is 16.8. The van der Waals surface area contributed by atoms with Gasteiger partial charge in [-0.05, 0) is 12.1 Å². The largest absolute Gasteiger partial charge is 0.507 e. The fourth-order valence-electron chi connectivity index (χ4n) is 1.89. The summed E-state index contributed by atoms with van der Waals surface area (Å²) in [6, 6.07) is 9.07. The quantitative estimate of drug-likeness (QED) is 0.577. The highest BCUT2D eigenvalue weighted by atomic mass is 16.5. The monoisotopic (exact) mass is 316 g/mol. The van der Waals surface area contributed by atoms with Gasteiger partial charge in [0.25, 0.3) is 5.91 Å². The Kier molecular flexibility index (Phi) is 5.03. The van der Waals surface area contributed by atoms with Gasteiger partial charge in [-0.2, -0.15) is 5.10 Å². The number of ether oxygens (including phenoxy) is 2. The van der Waals surface area contributed by atoms with E-state index in [0.717, 1.165) is 0 Å². The van der Waals surface area contributed by atoms with Crippen LogP contribution >= 0.6 is 0 Å². The number of carbonyl (C=O) groups excluding carboxylic acids is 1. The summed E-state index contributed by atoms with van der Waals surface area (Å²) in [5.74, 6) is -0.0738. The Balaban J connectivity index is 2.18. The van der Waals surface area contributed by atoms with E-state index in [1.165, 1.54) is 38.6 Å². The molecule has 23 heavy (non-hydrogen) atoms. The number of rotatable bonds is 5. The third-order valence-electron chi connectivity index (χ3n) is 3.06. The van der Waals surface area contributed by atoms with Gasteiger partial charge in [0.15, 0.2) is 0 Å². The van der Waals surface area contributed by atoms with Crippen LogP contribution in [0, 0.1) is 0 Å². The molecule has 0 aliphatic carbocycles. The van der Waals surface area contributed by atoms with E-state index >= 15 is 0 Å². The van der Waals surface area contributed by atoms with Crippen LogP contribution < -0.4 is 14.9 Å². The molecule has 2 aromatic rings. The number of hydrogen-bond donors (Lipinski definition) is 3. The van der Waals surface area contributed by atoms with Crippen LogP contribution in [0.5, 0.6) is 23.0 Å². The van der Waals surface area contributed by atoms with Crippen molar-refractivity contribution in [2.24, 2.45) is 5.10 Å². The zero-order valence-corrected chi connectivity index (χ0v) is 12.6. The van der Waals surface area contributed by atoms with E-state index in [2.05, 4.69) is 10.5 Å². The minimum absolute atomic E-state index is 0.0931. The first-order chi connectivity index (χ1) is 11.1. The molecule has 120 valence electrons. The van der Waals surface area contributed by atoms with Crippen molar-refractivity contribution in [1.82, 2.24) is 5.43 Å². The standard InChI is InChI=1S/C16H16N2O5/c1-22-10-7-14(20)12(15(8-10)23-2)9-17-18-16(21)11-5-3-4-6-13(11)19/h3-9,19-20H,1-2H3,(H,18,21)/b17-9-. The molecule has 0 saturated carbocycles. The van der Waals surface area contributed by atoms with Crippen molar-refractivity contribution in [3.63, 3.8) is 0 Å². The van der Waals surface area contributed by atoms with E-state index in [9.17, 15) is 15.0 Å². The number of amides is 1. The summed E-state index contributed by atoms with van der Waals surface area (Å²) in [7, 11) is 2.90. The van der Waals surface area contributed by atoms with Gasteiger partial charge in [0.1, 0.15) is 23.0 Å². The Hall–Kier alpha value is -3.22. The maximum Gasteiger partial charge on any atom is 0.275 e. The van der Waals surface area contributed by atoms with Gasteiger partial charge in [-0.3, -0.25) is 4.79 Å². The van der Waals surface area contributed by atoms with Gasteiger partial charge < -0.3 is 19.7 Å². The van der Waals surface area contributed by atoms with Crippen LogP contribution in [0.1, 0.15) is 15.9 Å². The SMILES string of the molecule is COc1cc(O)c(/C=N\NC(=O)c2ccccc2O)c(OC)c1. The first kappa shape index (κ1) is 16.2. The van der Waals surface area contributed by atoms with Crippen molar-refractivity contribution in [3.05, 3.63) is 47.5 Å². The number of hydrogen-bond acceptors (Lipinski definition) is 6. The number of nitrogens with zero attached hydrogens (tertiary/aromatic N) is 1. The number of phenols is 2. The van der Waals surface area contributed by atoms with Crippen molar-refractivity contribution >= 4 is 12.1 Å². The lowest BCUT2D eigenvalue weighted by Crippen LogP contribution is -2.17. The molecule has 0 saturated heterocycles. The minimum Gasteiger partial charge on any atom is -0.507 e. The summed E-state index contributed by atoms with van der Waals surface area (Å²) in [5, 5.41) is 23.3. The molecule has 1 amide bonds. The van der Waals surface area contributed by atoms with Crippen LogP contribution in [0.15, 0.2) is 41.5 Å². The first-order valence-corrected chi connectivity index (χ1v) is 6.63. The second kappa shape index (κ2) is 7.17. The average Bonchev–Trinajstić information content (AvgIpc) is 2.56. The van der Waals surface area contributed by atoms with Crippen LogP contribution in [0.4, 0.5) is 0 Å². The van der Waals surface area contributed by atoms with Crippen molar-refractivity contribution in [2.75, 3.05) is 14.2 Å². The summed E-state index contributed by atoms with van der Waals surface area (Å²) in [4.78, 5) is 11.9. The molecule has 7 heteroatoms. The van der Waals surface area contributed by atoms with Crippen molar-refractivity contribution < 1.29 is 24.5 Å². The third kappa shape index (κ3) is 3.70. The number of methoxy groups -OCH3 is 2. The summed E-state index contributed by atoms with van der Waals surface area (Å²) in [6.45, 7) is 0. The number of aromatic hydroxyl groups is 2. The molecule has 0 aliphatic rings. The van der Waals surface area contributed by atoms with Gasteiger partial charge >= 0.3 is 0 Å². The molecule has 7 nitrogen and oxygen atoms in total. The molecule has 3 N–H and O–H groups in total. The van der Waals surface area contributed by atoms with E-state index in [4.69, 9.17) is 9.47 Å². The van der Waals surface area contributed by atoms with Crippen molar-refractivity contribution in [3.8, 4) is 23.0 Å². The molecular formula is C16H16N2O5. The third-order valence-corrected chi connectivity index (χ3v) is 3.06. The Bertz CT molecular complexity index is 743. The molecule has 0 atom stereocenters. The number of phenolic OH excluding ortho intramolecular Hbond substituents is 2. The van der Waals surface area contributed by atoms with Crippen molar-refractivity contribution in [2.45, 2.75) is 0 Å². The highest BCUT2D eigenvalue weighted by Crippen LogP contribution is 2.31. The number of hydrazone groups is 1. The summed E-state index contributed by atoms with van der Waals surface area (Å²) in [5.41, 5.74) is 2.64. The molecule has 2 rings (SSSR count). The summed E-state index contributed by atoms with van der Waals surface area (Å²) >= 11 is 0. The predicted molar refractivity (Wildman–Crippen MR) is 84.4 cm³/mol. The van der Waals surface area contributed by atoms with Gasteiger partial charge in [-0.1, -0.05) is 12.1 Å². The lowest BCUT2D eigenvalue weighted by atomic mass is 10.2. The fourth-order valence-corrected chi connectivity index (χ4v) is 1.89. The Labute approximate surface area is 132 Å². The topological polar surface area (TPSA) is 100 Å². The molecule has 0 radical (unpaired) electrons. The highest BCUT2D eigenvalue weighted by molar-refractivity contribution is 5.97. The van der Waals surface area contributed by atoms with E-state index in [1.54, 1.807) is 18.2 Å². The molecule has 0 fully saturated rings. The Morgan fingerprint density at radius 2 is 1.87 bits per heavy atom. The number of para-hydroxylation sites is 1. The van der Waals surface area contributed by atoms with Gasteiger partial charge in [-0.25, -0.2) is 5.43 Å². The van der Waals surface area contributed by atoms with Crippen LogP contribution in [0.25, 0.3) is 0 Å². The van der Waals surface area contributed by atoms with Crippen LogP contribution in [0.3, 0.4) is 0 Å². The van der Waals surface area contributed by atoms with Crippen molar-refractivity contribution in [1.29, 1.82) is 0 Å². The lowest BCUT2D eigenvalue weighted by molar-refractivity contribution is 0.0952. The number of benzene rings is 2. The Morgan fingerprint density at radius 3 is 2.52 bits per heavy atom. The average molecular weight is 316 g/mol. The second-order valence-electron chi connectivity index (χ2n) is 4.48.